The Morgan fingerprint density at radius 2 is 1.50 bits per heavy atom. The first-order valence-electron chi connectivity index (χ1n) is 9.07. The number of ether oxygens (including phenoxy) is 1. The van der Waals surface area contributed by atoms with Crippen molar-refractivity contribution in [2.24, 2.45) is 5.73 Å². The number of halogens is 6. The van der Waals surface area contributed by atoms with Crippen LogP contribution in [0.2, 0.25) is 0 Å². The summed E-state index contributed by atoms with van der Waals surface area (Å²) >= 11 is 0. The third kappa shape index (κ3) is 6.22. The van der Waals surface area contributed by atoms with Crippen LogP contribution in [0.1, 0.15) is 40.7 Å². The number of nitrogens with two attached hydrogens (primary N) is 1. The molecule has 2 N–H and O–H groups in total. The van der Waals surface area contributed by atoms with Crippen molar-refractivity contribution in [3.63, 3.8) is 0 Å². The van der Waals surface area contributed by atoms with Gasteiger partial charge in [-0.05, 0) is 31.0 Å². The number of hydrogen-bond acceptors (Lipinski definition) is 3. The van der Waals surface area contributed by atoms with Crippen molar-refractivity contribution in [3.8, 4) is 5.75 Å². The Morgan fingerprint density at radius 1 is 0.933 bits per heavy atom. The first-order chi connectivity index (χ1) is 13.8. The number of hydrogen-bond donors (Lipinski definition) is 1. The van der Waals surface area contributed by atoms with Gasteiger partial charge in [0.2, 0.25) is 0 Å². The normalized spacial score (nSPS) is 14.3. The van der Waals surface area contributed by atoms with E-state index in [0.29, 0.717) is 0 Å². The highest BCUT2D eigenvalue weighted by Gasteiger charge is 2.54. The van der Waals surface area contributed by atoms with E-state index in [1.54, 1.807) is 19.1 Å². The number of Topliss-reactive ketones (excluding diaryl/α,β-unsaturated/α-hetero) is 1. The molecule has 0 aliphatic heterocycles. The SMILES string of the molecule is Cc1ccc(C(=O)C[C@@](N)(c2ccc(OCCCC(F)(F)F)cc2)C(F)(F)F)cc1. The van der Waals surface area contributed by atoms with Crippen molar-refractivity contribution in [1.29, 1.82) is 0 Å². The zero-order valence-corrected chi connectivity index (χ0v) is 16.1. The van der Waals surface area contributed by atoms with Crippen LogP contribution in [0.4, 0.5) is 26.3 Å². The van der Waals surface area contributed by atoms with Gasteiger partial charge in [-0.15, -0.1) is 0 Å². The second-order valence-electron chi connectivity index (χ2n) is 7.03. The summed E-state index contributed by atoms with van der Waals surface area (Å²) in [6.07, 6.45) is -11.5. The van der Waals surface area contributed by atoms with Crippen LogP contribution < -0.4 is 10.5 Å². The molecule has 0 unspecified atom stereocenters. The molecule has 2 aromatic rings. The number of rotatable bonds is 8. The Hall–Kier alpha value is -2.55. The van der Waals surface area contributed by atoms with Crippen LogP contribution in [-0.2, 0) is 5.54 Å². The molecule has 2 aromatic carbocycles. The van der Waals surface area contributed by atoms with Crippen molar-refractivity contribution in [3.05, 3.63) is 65.2 Å². The summed E-state index contributed by atoms with van der Waals surface area (Å²) in [5.74, 6) is -0.655. The van der Waals surface area contributed by atoms with Gasteiger partial charge in [0.05, 0.1) is 6.61 Å². The van der Waals surface area contributed by atoms with E-state index in [0.717, 1.165) is 17.7 Å². The van der Waals surface area contributed by atoms with Crippen LogP contribution in [0.5, 0.6) is 5.75 Å². The van der Waals surface area contributed by atoms with Gasteiger partial charge >= 0.3 is 12.4 Å². The highest BCUT2D eigenvalue weighted by atomic mass is 19.4. The van der Waals surface area contributed by atoms with E-state index in [2.05, 4.69) is 0 Å². The summed E-state index contributed by atoms with van der Waals surface area (Å²) < 4.78 is 82.8. The fourth-order valence-corrected chi connectivity index (χ4v) is 2.77. The maximum Gasteiger partial charge on any atom is 0.411 e. The third-order valence-corrected chi connectivity index (χ3v) is 4.56. The molecule has 30 heavy (non-hydrogen) atoms. The molecule has 0 aromatic heterocycles. The molecule has 0 saturated carbocycles. The van der Waals surface area contributed by atoms with Crippen molar-refractivity contribution < 1.29 is 35.9 Å². The van der Waals surface area contributed by atoms with Crippen molar-refractivity contribution in [2.75, 3.05) is 6.61 Å². The van der Waals surface area contributed by atoms with Gasteiger partial charge in [-0.1, -0.05) is 42.0 Å². The zero-order valence-electron chi connectivity index (χ0n) is 16.1. The fraction of sp³-hybridized carbons (Fsp3) is 0.381. The van der Waals surface area contributed by atoms with Crippen molar-refractivity contribution in [1.82, 2.24) is 0 Å². The molecule has 0 aliphatic rings. The lowest BCUT2D eigenvalue weighted by Crippen LogP contribution is -2.51. The van der Waals surface area contributed by atoms with E-state index in [9.17, 15) is 31.1 Å². The van der Waals surface area contributed by atoms with Gasteiger partial charge in [0.1, 0.15) is 11.3 Å². The second-order valence-corrected chi connectivity index (χ2v) is 7.03. The fourth-order valence-electron chi connectivity index (χ4n) is 2.77. The highest BCUT2D eigenvalue weighted by Crippen LogP contribution is 2.40. The predicted octanol–water partition coefficient (Wildman–Crippen LogP) is 5.71. The molecular weight excluding hydrogens is 412 g/mol. The Morgan fingerprint density at radius 3 is 2.00 bits per heavy atom. The highest BCUT2D eigenvalue weighted by molar-refractivity contribution is 5.97. The van der Waals surface area contributed by atoms with Gasteiger partial charge in [0, 0.05) is 18.4 Å². The lowest BCUT2D eigenvalue weighted by molar-refractivity contribution is -0.188. The molecule has 164 valence electrons. The molecule has 3 nitrogen and oxygen atoms in total. The summed E-state index contributed by atoms with van der Waals surface area (Å²) in [6.45, 7) is 1.54. The predicted molar refractivity (Wildman–Crippen MR) is 99.3 cm³/mol. The minimum Gasteiger partial charge on any atom is -0.494 e. The molecule has 0 amide bonds. The Kier molecular flexibility index (Phi) is 7.18. The molecule has 0 fully saturated rings. The number of alkyl halides is 6. The minimum absolute atomic E-state index is 0.107. The molecule has 0 spiro atoms. The minimum atomic E-state index is -4.91. The number of carbonyl (C=O) groups excluding carboxylic acids is 1. The molecule has 1 atom stereocenters. The number of aryl methyl sites for hydroxylation is 1. The molecular formula is C21H21F6NO2. The number of carbonyl (C=O) groups is 1. The van der Waals surface area contributed by atoms with Crippen LogP contribution in [-0.4, -0.2) is 24.7 Å². The second kappa shape index (κ2) is 9.07. The van der Waals surface area contributed by atoms with Crippen LogP contribution in [0, 0.1) is 6.92 Å². The van der Waals surface area contributed by atoms with Crippen LogP contribution in [0.25, 0.3) is 0 Å². The first kappa shape index (κ1) is 23.7. The Labute approximate surface area is 169 Å². The maximum atomic E-state index is 13.8. The van der Waals surface area contributed by atoms with Crippen LogP contribution >= 0.6 is 0 Å². The van der Waals surface area contributed by atoms with Crippen molar-refractivity contribution >= 4 is 5.78 Å². The number of benzene rings is 2. The van der Waals surface area contributed by atoms with E-state index in [4.69, 9.17) is 10.5 Å². The lowest BCUT2D eigenvalue weighted by atomic mass is 9.83. The van der Waals surface area contributed by atoms with Crippen molar-refractivity contribution in [2.45, 2.75) is 44.1 Å². The summed E-state index contributed by atoms with van der Waals surface area (Å²) in [7, 11) is 0. The number of ketones is 1. The third-order valence-electron chi connectivity index (χ3n) is 4.56. The lowest BCUT2D eigenvalue weighted by Gasteiger charge is -2.32. The van der Waals surface area contributed by atoms with Crippen LogP contribution in [0.15, 0.2) is 48.5 Å². The Balaban J connectivity index is 2.14. The molecule has 9 heteroatoms. The molecule has 0 saturated heterocycles. The van der Waals surface area contributed by atoms with Gasteiger partial charge in [0.15, 0.2) is 5.78 Å². The monoisotopic (exact) mass is 433 g/mol. The summed E-state index contributed by atoms with van der Waals surface area (Å²) in [6, 6.07) is 10.6. The van der Waals surface area contributed by atoms with Gasteiger partial charge in [-0.2, -0.15) is 26.3 Å². The van der Waals surface area contributed by atoms with Gasteiger partial charge in [0.25, 0.3) is 0 Å². The van der Waals surface area contributed by atoms with E-state index >= 15 is 0 Å². The largest absolute Gasteiger partial charge is 0.494 e. The van der Waals surface area contributed by atoms with Gasteiger partial charge in [-0.25, -0.2) is 0 Å². The zero-order chi connectivity index (χ0) is 22.6. The summed E-state index contributed by atoms with van der Waals surface area (Å²) in [5, 5.41) is 0. The summed E-state index contributed by atoms with van der Waals surface area (Å²) in [4.78, 5) is 12.4. The molecule has 0 heterocycles. The average Bonchev–Trinajstić information content (AvgIpc) is 2.64. The first-order valence-corrected chi connectivity index (χ1v) is 9.07. The topological polar surface area (TPSA) is 52.3 Å². The standard InChI is InChI=1S/C21H21F6NO2/c1-14-3-5-15(6-4-14)18(29)13-19(28,21(25,26)27)16-7-9-17(10-8-16)30-12-2-11-20(22,23)24/h3-10H,2,11-13,28H2,1H3/t19-/m1/s1. The molecule has 2 rings (SSSR count). The van der Waals surface area contributed by atoms with E-state index < -0.39 is 36.5 Å². The smallest absolute Gasteiger partial charge is 0.411 e. The summed E-state index contributed by atoms with van der Waals surface area (Å²) in [5.41, 5.74) is 3.37. The van der Waals surface area contributed by atoms with Gasteiger partial charge in [-0.3, -0.25) is 4.79 Å². The quantitative estimate of drug-likeness (QED) is 0.330. The Bertz CT molecular complexity index is 844. The molecule has 0 aliphatic carbocycles. The van der Waals surface area contributed by atoms with Crippen LogP contribution in [0.3, 0.4) is 0 Å². The maximum absolute atomic E-state index is 13.8. The van der Waals surface area contributed by atoms with E-state index in [-0.39, 0.29) is 29.9 Å². The van der Waals surface area contributed by atoms with E-state index in [1.807, 2.05) is 0 Å². The average molecular weight is 433 g/mol. The molecule has 0 radical (unpaired) electrons. The van der Waals surface area contributed by atoms with Gasteiger partial charge < -0.3 is 10.5 Å². The van der Waals surface area contributed by atoms with E-state index in [1.165, 1.54) is 24.3 Å². The molecule has 0 bridgehead atoms.